The Balaban J connectivity index is 2.04. The summed E-state index contributed by atoms with van der Waals surface area (Å²) in [6.07, 6.45) is 0. The van der Waals surface area contributed by atoms with E-state index in [0.717, 1.165) is 9.37 Å². The number of aryl methyl sites for hydroxylation is 1. The van der Waals surface area contributed by atoms with E-state index < -0.39 is 5.97 Å². The Kier molecular flexibility index (Phi) is 4.14. The van der Waals surface area contributed by atoms with Crippen molar-refractivity contribution in [3.05, 3.63) is 51.9 Å². The van der Waals surface area contributed by atoms with Crippen LogP contribution in [0, 0.1) is 6.92 Å². The van der Waals surface area contributed by atoms with E-state index in [0.29, 0.717) is 17.3 Å². The van der Waals surface area contributed by atoms with Crippen molar-refractivity contribution in [1.29, 1.82) is 0 Å². The van der Waals surface area contributed by atoms with Gasteiger partial charge in [0.25, 0.3) is 0 Å². The summed E-state index contributed by atoms with van der Waals surface area (Å²) in [5.41, 5.74) is 0.237. The van der Waals surface area contributed by atoms with Gasteiger partial charge in [0, 0.05) is 9.37 Å². The summed E-state index contributed by atoms with van der Waals surface area (Å²) < 4.78 is 6.45. The number of carbonyl (C=O) groups is 1. The van der Waals surface area contributed by atoms with Gasteiger partial charge in [-0.2, -0.15) is 0 Å². The summed E-state index contributed by atoms with van der Waals surface area (Å²) >= 11 is 4.99. The van der Waals surface area contributed by atoms with Crippen molar-refractivity contribution >= 4 is 33.7 Å². The normalized spacial score (nSPS) is 10.6. The lowest BCUT2D eigenvalue weighted by Gasteiger charge is -1.99. The lowest BCUT2D eigenvalue weighted by Crippen LogP contribution is -1.94. The van der Waals surface area contributed by atoms with E-state index in [4.69, 9.17) is 9.52 Å². The van der Waals surface area contributed by atoms with Crippen molar-refractivity contribution in [1.82, 2.24) is 0 Å². The first-order valence-electron chi connectivity index (χ1n) is 5.27. The highest BCUT2D eigenvalue weighted by Crippen LogP contribution is 2.26. The highest BCUT2D eigenvalue weighted by atomic mass is 79.9. The lowest BCUT2D eigenvalue weighted by atomic mass is 10.2. The maximum absolute atomic E-state index is 10.9. The molecule has 1 aromatic heterocycles. The van der Waals surface area contributed by atoms with E-state index in [2.05, 4.69) is 15.9 Å². The molecule has 0 amide bonds. The van der Waals surface area contributed by atoms with E-state index in [9.17, 15) is 4.79 Å². The Morgan fingerprint density at radius 3 is 2.61 bits per heavy atom. The first kappa shape index (κ1) is 13.2. The molecule has 2 rings (SSSR count). The number of hydrogen-bond acceptors (Lipinski definition) is 3. The molecule has 0 fully saturated rings. The van der Waals surface area contributed by atoms with Crippen LogP contribution >= 0.6 is 27.7 Å². The highest BCUT2D eigenvalue weighted by molar-refractivity contribution is 9.10. The number of benzene rings is 1. The van der Waals surface area contributed by atoms with Crippen molar-refractivity contribution in [2.75, 3.05) is 0 Å². The van der Waals surface area contributed by atoms with Crippen LogP contribution < -0.4 is 0 Å². The van der Waals surface area contributed by atoms with E-state index in [-0.39, 0.29) is 5.56 Å². The predicted molar refractivity (Wildman–Crippen MR) is 74.1 cm³/mol. The number of hydrogen-bond donors (Lipinski definition) is 1. The Labute approximate surface area is 117 Å². The Hall–Kier alpha value is -1.20. The zero-order valence-electron chi connectivity index (χ0n) is 9.64. The third kappa shape index (κ3) is 3.17. The van der Waals surface area contributed by atoms with Crippen LogP contribution in [0.15, 0.2) is 44.1 Å². The van der Waals surface area contributed by atoms with Gasteiger partial charge in [0.2, 0.25) is 0 Å². The van der Waals surface area contributed by atoms with Crippen molar-refractivity contribution in [2.45, 2.75) is 17.6 Å². The molecule has 0 bridgehead atoms. The molecule has 5 heteroatoms. The van der Waals surface area contributed by atoms with Crippen LogP contribution in [0.1, 0.15) is 21.9 Å². The summed E-state index contributed by atoms with van der Waals surface area (Å²) in [6.45, 7) is 1.66. The van der Waals surface area contributed by atoms with Gasteiger partial charge in [-0.15, -0.1) is 11.8 Å². The van der Waals surface area contributed by atoms with Gasteiger partial charge in [-0.25, -0.2) is 4.79 Å². The van der Waals surface area contributed by atoms with Crippen LogP contribution in [0.2, 0.25) is 0 Å². The average molecular weight is 327 g/mol. The molecular weight excluding hydrogens is 316 g/mol. The first-order chi connectivity index (χ1) is 8.56. The Morgan fingerprint density at radius 1 is 1.39 bits per heavy atom. The number of furan rings is 1. The third-order valence-corrected chi connectivity index (χ3v) is 3.96. The number of aromatic carboxylic acids is 1. The minimum absolute atomic E-state index is 0.237. The smallest absolute Gasteiger partial charge is 0.339 e. The predicted octanol–water partition coefficient (Wildman–Crippen LogP) is 4.34. The van der Waals surface area contributed by atoms with E-state index in [1.165, 1.54) is 0 Å². The number of carboxylic acids is 1. The minimum atomic E-state index is -0.948. The second-order valence-electron chi connectivity index (χ2n) is 3.73. The summed E-state index contributed by atoms with van der Waals surface area (Å²) in [5, 5.41) is 8.92. The topological polar surface area (TPSA) is 50.4 Å². The molecule has 0 unspecified atom stereocenters. The molecule has 0 radical (unpaired) electrons. The highest BCUT2D eigenvalue weighted by Gasteiger charge is 2.13. The van der Waals surface area contributed by atoms with Gasteiger partial charge in [0.1, 0.15) is 17.1 Å². The molecule has 0 aliphatic rings. The molecule has 1 aromatic carbocycles. The van der Waals surface area contributed by atoms with Gasteiger partial charge in [-0.1, -0.05) is 15.9 Å². The molecular formula is C13H11BrO3S. The van der Waals surface area contributed by atoms with Crippen LogP contribution in [-0.2, 0) is 5.75 Å². The van der Waals surface area contributed by atoms with Gasteiger partial charge in [-0.05, 0) is 37.3 Å². The monoisotopic (exact) mass is 326 g/mol. The Bertz CT molecular complexity index is 560. The fourth-order valence-corrected chi connectivity index (χ4v) is 2.56. The quantitative estimate of drug-likeness (QED) is 0.849. The second-order valence-corrected chi connectivity index (χ2v) is 5.69. The molecule has 1 N–H and O–H groups in total. The van der Waals surface area contributed by atoms with E-state index >= 15 is 0 Å². The maximum Gasteiger partial charge on any atom is 0.339 e. The molecule has 0 saturated heterocycles. The minimum Gasteiger partial charge on any atom is -0.478 e. The van der Waals surface area contributed by atoms with Crippen molar-refractivity contribution in [3.63, 3.8) is 0 Å². The fraction of sp³-hybridized carbons (Fsp3) is 0.154. The zero-order valence-corrected chi connectivity index (χ0v) is 12.0. The van der Waals surface area contributed by atoms with Gasteiger partial charge in [0.05, 0.1) is 5.75 Å². The zero-order chi connectivity index (χ0) is 13.1. The van der Waals surface area contributed by atoms with Gasteiger partial charge >= 0.3 is 5.97 Å². The first-order valence-corrected chi connectivity index (χ1v) is 7.05. The van der Waals surface area contributed by atoms with Crippen molar-refractivity contribution < 1.29 is 14.3 Å². The molecule has 18 heavy (non-hydrogen) atoms. The molecule has 0 saturated carbocycles. The van der Waals surface area contributed by atoms with E-state index in [1.54, 1.807) is 24.8 Å². The van der Waals surface area contributed by atoms with Gasteiger partial charge in [0.15, 0.2) is 0 Å². The SMILES string of the molecule is Cc1oc(CSc2ccc(Br)cc2)cc1C(=O)O. The average Bonchev–Trinajstić information content (AvgIpc) is 2.70. The van der Waals surface area contributed by atoms with Crippen molar-refractivity contribution in [2.24, 2.45) is 0 Å². The number of rotatable bonds is 4. The maximum atomic E-state index is 10.9. The van der Waals surface area contributed by atoms with Crippen LogP contribution in [-0.4, -0.2) is 11.1 Å². The summed E-state index contributed by atoms with van der Waals surface area (Å²) in [7, 11) is 0. The summed E-state index contributed by atoms with van der Waals surface area (Å²) in [6, 6.07) is 9.53. The molecule has 0 aliphatic carbocycles. The fourth-order valence-electron chi connectivity index (χ4n) is 1.51. The molecule has 0 atom stereocenters. The Morgan fingerprint density at radius 2 is 2.06 bits per heavy atom. The number of halogens is 1. The van der Waals surface area contributed by atoms with Crippen LogP contribution in [0.4, 0.5) is 0 Å². The standard InChI is InChI=1S/C13H11BrO3S/c1-8-12(13(15)16)6-10(17-8)7-18-11-4-2-9(14)3-5-11/h2-6H,7H2,1H3,(H,15,16). The van der Waals surface area contributed by atoms with Crippen LogP contribution in [0.5, 0.6) is 0 Å². The van der Waals surface area contributed by atoms with Crippen molar-refractivity contribution in [3.8, 4) is 0 Å². The van der Waals surface area contributed by atoms with Crippen LogP contribution in [0.3, 0.4) is 0 Å². The second kappa shape index (κ2) is 5.63. The molecule has 0 spiro atoms. The molecule has 2 aromatic rings. The molecule has 0 aliphatic heterocycles. The number of thioether (sulfide) groups is 1. The molecule has 3 nitrogen and oxygen atoms in total. The molecule has 94 valence electrons. The summed E-state index contributed by atoms with van der Waals surface area (Å²) in [4.78, 5) is 12.0. The van der Waals surface area contributed by atoms with Crippen LogP contribution in [0.25, 0.3) is 0 Å². The third-order valence-electron chi connectivity index (χ3n) is 2.39. The number of carboxylic acid groups (broad SMARTS) is 1. The largest absolute Gasteiger partial charge is 0.478 e. The van der Waals surface area contributed by atoms with E-state index in [1.807, 2.05) is 24.3 Å². The van der Waals surface area contributed by atoms with Gasteiger partial charge < -0.3 is 9.52 Å². The van der Waals surface area contributed by atoms with Gasteiger partial charge in [-0.3, -0.25) is 0 Å². The lowest BCUT2D eigenvalue weighted by molar-refractivity contribution is 0.0695. The summed E-state index contributed by atoms with van der Waals surface area (Å²) in [5.74, 6) is 0.804. The molecule has 1 heterocycles.